The van der Waals surface area contributed by atoms with Crippen LogP contribution in [0.15, 0.2) is 60.7 Å². The molecule has 12 heteroatoms. The van der Waals surface area contributed by atoms with Crippen LogP contribution < -0.4 is 16.4 Å². The van der Waals surface area contributed by atoms with Crippen LogP contribution >= 0.6 is 22.6 Å². The number of carbonyl (C=O) groups excluding carboxylic acids is 3. The summed E-state index contributed by atoms with van der Waals surface area (Å²) in [5.74, 6) is -3.77. The van der Waals surface area contributed by atoms with E-state index in [2.05, 4.69) is 33.2 Å². The number of hydrogen-bond acceptors (Lipinski definition) is 7. The van der Waals surface area contributed by atoms with Crippen LogP contribution in [0, 0.1) is 23.7 Å². The minimum absolute atomic E-state index is 0. The number of benzene rings is 2. The molecule has 0 unspecified atom stereocenters. The highest BCUT2D eigenvalue weighted by Gasteiger charge is 2.30. The number of alkyl halides is 1. The number of amides is 2. The van der Waals surface area contributed by atoms with Gasteiger partial charge in [-0.15, -0.1) is 0 Å². The molecule has 2 aromatic carbocycles. The van der Waals surface area contributed by atoms with Gasteiger partial charge in [-0.25, -0.2) is 9.59 Å². The lowest BCUT2D eigenvalue weighted by Gasteiger charge is -2.24. The van der Waals surface area contributed by atoms with Gasteiger partial charge < -0.3 is 31.3 Å². The number of nitrogens with two attached hydrogens (primary N) is 1. The zero-order valence-corrected chi connectivity index (χ0v) is 32.9. The van der Waals surface area contributed by atoms with E-state index in [4.69, 9.17) is 10.5 Å². The van der Waals surface area contributed by atoms with Crippen molar-refractivity contribution in [3.8, 4) is 0 Å². The third-order valence-electron chi connectivity index (χ3n) is 7.17. The van der Waals surface area contributed by atoms with Crippen LogP contribution in [0.2, 0.25) is 0 Å². The maximum atomic E-state index is 12.7. The second-order valence-corrected chi connectivity index (χ2v) is 13.9. The predicted molar refractivity (Wildman–Crippen MR) is 212 cm³/mol. The molecule has 2 aromatic rings. The largest absolute Gasteiger partial charge is 0.480 e. The van der Waals surface area contributed by atoms with E-state index in [1.807, 2.05) is 93.3 Å². The smallest absolute Gasteiger partial charge is 0.326 e. The molecule has 0 spiro atoms. The molecule has 0 saturated carbocycles. The second kappa shape index (κ2) is 26.3. The lowest BCUT2D eigenvalue weighted by molar-refractivity contribution is -0.157. The minimum atomic E-state index is -1.10. The van der Waals surface area contributed by atoms with E-state index in [1.165, 1.54) is 0 Å². The van der Waals surface area contributed by atoms with Crippen molar-refractivity contribution in [1.29, 1.82) is 0 Å². The predicted octanol–water partition coefficient (Wildman–Crippen LogP) is 6.30. The molecule has 51 heavy (non-hydrogen) atoms. The topological polar surface area (TPSA) is 185 Å². The third kappa shape index (κ3) is 22.8. The zero-order chi connectivity index (χ0) is 38.4. The third-order valence-corrected chi connectivity index (χ3v) is 7.17. The molecule has 11 nitrogen and oxygen atoms in total. The fourth-order valence-corrected chi connectivity index (χ4v) is 4.99. The van der Waals surface area contributed by atoms with E-state index in [-0.39, 0.29) is 51.0 Å². The first-order valence-electron chi connectivity index (χ1n) is 16.9. The number of carboxylic acid groups (broad SMARTS) is 2. The van der Waals surface area contributed by atoms with Gasteiger partial charge in [0.25, 0.3) is 0 Å². The molecule has 0 saturated heterocycles. The van der Waals surface area contributed by atoms with Gasteiger partial charge in [-0.3, -0.25) is 14.4 Å². The van der Waals surface area contributed by atoms with Gasteiger partial charge in [-0.1, -0.05) is 118 Å². The van der Waals surface area contributed by atoms with Gasteiger partial charge in [0.05, 0.1) is 12.3 Å². The van der Waals surface area contributed by atoms with Crippen molar-refractivity contribution >= 4 is 52.3 Å². The summed E-state index contributed by atoms with van der Waals surface area (Å²) in [6, 6.07) is 16.4. The monoisotopic (exact) mass is 827 g/mol. The second-order valence-electron chi connectivity index (χ2n) is 13.9. The number of carboxylic acids is 2. The first-order valence-corrected chi connectivity index (χ1v) is 19.0. The van der Waals surface area contributed by atoms with Crippen molar-refractivity contribution in [1.82, 2.24) is 10.6 Å². The van der Waals surface area contributed by atoms with Crippen molar-refractivity contribution in [3.05, 3.63) is 71.8 Å². The molecular weight excluding hydrogens is 765 g/mol. The summed E-state index contributed by atoms with van der Waals surface area (Å²) in [5.41, 5.74) is 6.68. The molecular formula is C39H62IN3O8. The van der Waals surface area contributed by atoms with Crippen molar-refractivity contribution < 1.29 is 38.9 Å². The summed E-state index contributed by atoms with van der Waals surface area (Å²) in [6.45, 7) is 13.4. The maximum Gasteiger partial charge on any atom is 0.326 e. The molecule has 0 aliphatic heterocycles. The highest BCUT2D eigenvalue weighted by atomic mass is 127. The van der Waals surface area contributed by atoms with E-state index < -0.39 is 47.4 Å². The van der Waals surface area contributed by atoms with E-state index in [9.17, 15) is 34.2 Å². The fraction of sp³-hybridized carbons (Fsp3) is 0.564. The molecule has 0 bridgehead atoms. The average Bonchev–Trinajstić information content (AvgIpc) is 3.03. The van der Waals surface area contributed by atoms with Gasteiger partial charge in [0.1, 0.15) is 17.7 Å². The highest BCUT2D eigenvalue weighted by molar-refractivity contribution is 14.1. The Kier molecular flexibility index (Phi) is 25.6. The van der Waals surface area contributed by atoms with E-state index in [0.29, 0.717) is 18.8 Å². The van der Waals surface area contributed by atoms with Crippen molar-refractivity contribution in [2.75, 3.05) is 11.5 Å². The molecule has 0 aliphatic rings. The van der Waals surface area contributed by atoms with Crippen LogP contribution in [-0.2, 0) is 41.6 Å². The zero-order valence-electron chi connectivity index (χ0n) is 30.8. The van der Waals surface area contributed by atoms with E-state index in [1.54, 1.807) is 20.8 Å². The number of halogens is 1. The van der Waals surface area contributed by atoms with Crippen molar-refractivity contribution in [2.45, 2.75) is 106 Å². The molecule has 0 aliphatic carbocycles. The standard InChI is InChI=1S/C21H31NO5.C16H24N2O3.CH3I.CH4/c1-14(2)11-16(13-18(23)27-21(3,4)5)19(24)22-17(20(25)26)12-15-9-7-6-8-10-15;1-11(2)8-13(10-17)15(19)18-14(16(20)21)9-12-6-4-3-5-7-12;1-2;/h6-10,14,16-17H,11-13H2,1-5H3,(H,22,24)(H,25,26);3-7,11,13-14H,8-10,17H2,1-2H3,(H,18,19)(H,20,21);1H3;1H4/t16-,17+;13-,14+;;/m11../s1. The van der Waals surface area contributed by atoms with Crippen LogP contribution in [0.1, 0.15) is 86.3 Å². The summed E-state index contributed by atoms with van der Waals surface area (Å²) in [5, 5.41) is 23.9. The first kappa shape index (κ1) is 49.6. The Hall–Kier alpha value is -3.52. The molecule has 0 heterocycles. The van der Waals surface area contributed by atoms with Crippen LogP contribution in [-0.4, -0.2) is 69.1 Å². The molecule has 6 N–H and O–H groups in total. The lowest BCUT2D eigenvalue weighted by atomic mass is 9.92. The van der Waals surface area contributed by atoms with Crippen LogP contribution in [0.25, 0.3) is 0 Å². The molecule has 2 amide bonds. The summed E-state index contributed by atoms with van der Waals surface area (Å²) < 4.78 is 5.31. The summed E-state index contributed by atoms with van der Waals surface area (Å²) in [7, 11) is 0. The number of hydrogen-bond donors (Lipinski definition) is 5. The van der Waals surface area contributed by atoms with Gasteiger partial charge in [0, 0.05) is 25.3 Å². The molecule has 0 radical (unpaired) electrons. The van der Waals surface area contributed by atoms with Crippen LogP contribution in [0.4, 0.5) is 0 Å². The number of rotatable bonds is 17. The van der Waals surface area contributed by atoms with Crippen LogP contribution in [0.5, 0.6) is 0 Å². The average molecular weight is 828 g/mol. The fourth-order valence-electron chi connectivity index (χ4n) is 4.99. The van der Waals surface area contributed by atoms with E-state index in [0.717, 1.165) is 11.1 Å². The molecule has 4 atom stereocenters. The van der Waals surface area contributed by atoms with Gasteiger partial charge >= 0.3 is 17.9 Å². The summed E-state index contributed by atoms with van der Waals surface area (Å²) in [4.78, 5) is 61.9. The molecule has 0 aromatic heterocycles. The molecule has 0 fully saturated rings. The van der Waals surface area contributed by atoms with E-state index >= 15 is 0 Å². The number of carbonyl (C=O) groups is 5. The van der Waals surface area contributed by atoms with Gasteiger partial charge in [0.2, 0.25) is 11.8 Å². The number of nitrogens with one attached hydrogen (secondary N) is 2. The normalized spacial score (nSPS) is 13.0. The van der Waals surface area contributed by atoms with Gasteiger partial charge in [-0.05, 0) is 61.5 Å². The maximum absolute atomic E-state index is 12.7. The Morgan fingerprint density at radius 2 is 1.06 bits per heavy atom. The molecule has 288 valence electrons. The Bertz CT molecular complexity index is 1300. The molecule has 2 rings (SSSR count). The number of esters is 1. The van der Waals surface area contributed by atoms with Gasteiger partial charge in [0.15, 0.2) is 0 Å². The Balaban J connectivity index is 0. The highest BCUT2D eigenvalue weighted by Crippen LogP contribution is 2.20. The Morgan fingerprint density at radius 3 is 1.37 bits per heavy atom. The Morgan fingerprint density at radius 1 is 0.706 bits per heavy atom. The Labute approximate surface area is 319 Å². The van der Waals surface area contributed by atoms with Crippen molar-refractivity contribution in [3.63, 3.8) is 0 Å². The SMILES string of the molecule is C.CC(C)C[C@H](CC(=O)OC(C)(C)C)C(=O)N[C@@H](Cc1ccccc1)C(=O)O.CC(C)C[C@H](CN)C(=O)N[C@@H](Cc1ccccc1)C(=O)O.CI. The first-order chi connectivity index (χ1) is 23.4. The number of aliphatic carboxylic acids is 2. The van der Waals surface area contributed by atoms with Crippen molar-refractivity contribution in [2.24, 2.45) is 29.4 Å². The number of ether oxygens (including phenoxy) is 1. The minimum Gasteiger partial charge on any atom is -0.480 e. The summed E-state index contributed by atoms with van der Waals surface area (Å²) >= 11 is 2.15. The lowest BCUT2D eigenvalue weighted by Crippen LogP contribution is -2.46. The summed E-state index contributed by atoms with van der Waals surface area (Å²) in [6.07, 6.45) is 1.51. The quantitative estimate of drug-likeness (QED) is 0.0694. The van der Waals surface area contributed by atoms with Gasteiger partial charge in [-0.2, -0.15) is 0 Å². The van der Waals surface area contributed by atoms with Crippen LogP contribution in [0.3, 0.4) is 0 Å².